The van der Waals surface area contributed by atoms with Crippen molar-refractivity contribution >= 4 is 75.0 Å². The Balaban J connectivity index is 1.33. The topological polar surface area (TPSA) is 320 Å². The second-order valence-electron chi connectivity index (χ2n) is 25.2. The first kappa shape index (κ1) is 77.4. The molecule has 4 rings (SSSR count). The number of halogens is 1. The fraction of sp³-hybridized carbons (Fsp3) is 0.627. The van der Waals surface area contributed by atoms with E-state index in [0.717, 1.165) is 4.90 Å². The van der Waals surface area contributed by atoms with Crippen molar-refractivity contribution in [3.05, 3.63) is 89.5 Å². The van der Waals surface area contributed by atoms with E-state index in [0.29, 0.717) is 85.1 Å². The number of methoxy groups -OCH3 is 2. The van der Waals surface area contributed by atoms with Crippen LogP contribution in [-0.2, 0) is 54.8 Å². The van der Waals surface area contributed by atoms with E-state index in [1.807, 2.05) is 32.0 Å². The second-order valence-corrected chi connectivity index (χ2v) is 25.7. The lowest BCUT2D eigenvalue weighted by Gasteiger charge is -2.41. The largest absolute Gasteiger partial charge is 0.465 e. The number of likely N-dealkylation sites (N-methyl/N-ethyl adjacent to an activating group) is 1. The molecule has 1 aromatic heterocycles. The number of likely N-dealkylation sites (tertiary alicyclic amines) is 1. The number of anilines is 1. The van der Waals surface area contributed by atoms with Crippen LogP contribution >= 0.6 is 15.9 Å². The van der Waals surface area contributed by atoms with E-state index in [1.165, 1.54) is 38.4 Å². The molecule has 2 aromatic carbocycles. The Bertz CT molecular complexity index is 2870. The maximum absolute atomic E-state index is 14.8. The lowest BCUT2D eigenvalue weighted by Crippen LogP contribution is -2.60. The van der Waals surface area contributed by atoms with Gasteiger partial charge in [0.25, 0.3) is 5.91 Å². The monoisotopic (exact) mass is 1350 g/mol. The van der Waals surface area contributed by atoms with Gasteiger partial charge in [-0.25, -0.2) is 14.8 Å². The molecule has 1 saturated heterocycles. The highest BCUT2D eigenvalue weighted by Crippen LogP contribution is 2.31. The first-order valence-corrected chi connectivity index (χ1v) is 33.3. The molecular weight excluding hydrogens is 1250 g/mol. The number of nitrogens with one attached hydrogen (secondary N) is 6. The zero-order valence-corrected chi connectivity index (χ0v) is 57.8. The molecule has 1 fully saturated rings. The number of aliphatic hydroxyl groups is 1. The molecule has 2 heterocycles. The minimum absolute atomic E-state index is 0.0922. The van der Waals surface area contributed by atoms with E-state index < -0.39 is 108 Å². The number of hydrogen-bond donors (Lipinski definition) is 8. The molecule has 8 N–H and O–H groups in total. The van der Waals surface area contributed by atoms with Crippen LogP contribution in [0.4, 0.5) is 10.5 Å². The van der Waals surface area contributed by atoms with Gasteiger partial charge in [-0.3, -0.25) is 43.3 Å². The lowest BCUT2D eigenvalue weighted by molar-refractivity contribution is -0.148. The van der Waals surface area contributed by atoms with E-state index in [4.69, 9.17) is 9.47 Å². The Hall–Kier alpha value is -7.09. The minimum Gasteiger partial charge on any atom is -0.465 e. The number of rotatable bonds is 37. The normalized spacial score (nSPS) is 16.8. The van der Waals surface area contributed by atoms with Gasteiger partial charge in [-0.1, -0.05) is 134 Å². The highest BCUT2D eigenvalue weighted by atomic mass is 79.9. The van der Waals surface area contributed by atoms with Crippen molar-refractivity contribution in [2.45, 2.75) is 200 Å². The number of aromatic nitrogens is 2. The van der Waals surface area contributed by atoms with E-state index in [9.17, 15) is 53.4 Å². The molecule has 0 spiro atoms. The van der Waals surface area contributed by atoms with Gasteiger partial charge in [-0.15, -0.1) is 0 Å². The first-order chi connectivity index (χ1) is 43.6. The van der Waals surface area contributed by atoms with Crippen molar-refractivity contribution in [2.24, 2.45) is 29.6 Å². The molecule has 25 heteroatoms. The van der Waals surface area contributed by atoms with Crippen molar-refractivity contribution in [1.82, 2.24) is 51.3 Å². The van der Waals surface area contributed by atoms with Gasteiger partial charge in [0.2, 0.25) is 41.4 Å². The second kappa shape index (κ2) is 38.2. The summed E-state index contributed by atoms with van der Waals surface area (Å²) in [7, 11) is 4.63. The molecule has 3 aromatic rings. The average molecular weight is 1350 g/mol. The van der Waals surface area contributed by atoms with E-state index in [2.05, 4.69) is 57.8 Å². The number of carbonyl (C=O) groups excluding carboxylic acids is 8. The fourth-order valence-corrected chi connectivity index (χ4v) is 11.9. The number of benzene rings is 2. The quantitative estimate of drug-likeness (QED) is 0.0218. The molecule has 24 nitrogen and oxygen atoms in total. The Morgan fingerprint density at radius 1 is 0.750 bits per heavy atom. The van der Waals surface area contributed by atoms with Gasteiger partial charge >= 0.3 is 6.09 Å². The molecule has 12 atom stereocenters. The SMILES string of the molecule is CC[C@H](C)[C@@H]([C@@H](CC(=O)N1CCC[C@H]1[C@H](OC)[C@@H](C)C(=O)N[C@H](C)[C@@H](O)c1ccccc1)OC)N(C)C(=O)[C@@H](NC(=O)[C@H](C(C)C)N(CCc1ccc(NC(=O)[C@H](C)NC(=O)[C@@H](NC(=O)CCCCCNC(=O)c2cnc(CBr)nc2)C(C)C)cc1)C(=O)O)C(C)C. The number of carboxylic acid groups (broad SMARTS) is 1. The van der Waals surface area contributed by atoms with Crippen LogP contribution in [0.25, 0.3) is 0 Å². The number of hydrogen-bond acceptors (Lipinski definition) is 14. The van der Waals surface area contributed by atoms with Crippen molar-refractivity contribution in [1.29, 1.82) is 0 Å². The Labute approximate surface area is 551 Å². The van der Waals surface area contributed by atoms with Crippen LogP contribution in [-0.4, -0.2) is 184 Å². The highest BCUT2D eigenvalue weighted by molar-refractivity contribution is 9.08. The smallest absolute Gasteiger partial charge is 0.407 e. The third kappa shape index (κ3) is 22.6. The van der Waals surface area contributed by atoms with Gasteiger partial charge in [0.05, 0.1) is 59.7 Å². The predicted octanol–water partition coefficient (Wildman–Crippen LogP) is 6.79. The summed E-state index contributed by atoms with van der Waals surface area (Å²) in [6.45, 7) is 20.3. The lowest BCUT2D eigenvalue weighted by atomic mass is 9.89. The number of carbonyl (C=O) groups is 9. The van der Waals surface area contributed by atoms with Crippen molar-refractivity contribution in [3.63, 3.8) is 0 Å². The van der Waals surface area contributed by atoms with Gasteiger partial charge in [0, 0.05) is 65.4 Å². The highest BCUT2D eigenvalue weighted by Gasteiger charge is 2.44. The predicted molar refractivity (Wildman–Crippen MR) is 354 cm³/mol. The van der Waals surface area contributed by atoms with Crippen LogP contribution in [0.5, 0.6) is 0 Å². The number of amides is 9. The molecule has 0 aliphatic carbocycles. The molecule has 0 bridgehead atoms. The molecule has 9 amide bonds. The van der Waals surface area contributed by atoms with Crippen LogP contribution < -0.4 is 31.9 Å². The molecule has 1 aliphatic rings. The molecular formula is C67H102BrN11O13. The fourth-order valence-electron chi connectivity index (χ4n) is 11.6. The van der Waals surface area contributed by atoms with Gasteiger partial charge in [0.1, 0.15) is 30.0 Å². The van der Waals surface area contributed by atoms with Crippen molar-refractivity contribution in [2.75, 3.05) is 46.2 Å². The zero-order valence-electron chi connectivity index (χ0n) is 56.2. The Kier molecular flexibility index (Phi) is 32.1. The summed E-state index contributed by atoms with van der Waals surface area (Å²) >= 11 is 3.27. The van der Waals surface area contributed by atoms with Crippen molar-refractivity contribution in [3.8, 4) is 0 Å². The van der Waals surface area contributed by atoms with Gasteiger partial charge in [-0.05, 0) is 92.9 Å². The summed E-state index contributed by atoms with van der Waals surface area (Å²) in [5.41, 5.74) is 2.13. The van der Waals surface area contributed by atoms with Crippen LogP contribution in [0.2, 0.25) is 0 Å². The molecule has 0 unspecified atom stereocenters. The molecule has 0 radical (unpaired) electrons. The van der Waals surface area contributed by atoms with Crippen LogP contribution in [0.3, 0.4) is 0 Å². The van der Waals surface area contributed by atoms with E-state index in [1.54, 1.807) is 104 Å². The first-order valence-electron chi connectivity index (χ1n) is 32.2. The molecule has 0 saturated carbocycles. The van der Waals surface area contributed by atoms with Gasteiger partial charge in [0.15, 0.2) is 0 Å². The zero-order chi connectivity index (χ0) is 68.5. The summed E-state index contributed by atoms with van der Waals surface area (Å²) < 4.78 is 12.0. The summed E-state index contributed by atoms with van der Waals surface area (Å²) in [4.78, 5) is 135. The van der Waals surface area contributed by atoms with Crippen LogP contribution in [0.1, 0.15) is 161 Å². The average Bonchev–Trinajstić information content (AvgIpc) is 1.44. The summed E-state index contributed by atoms with van der Waals surface area (Å²) in [6, 6.07) is 9.89. The number of alkyl halides is 1. The van der Waals surface area contributed by atoms with Crippen LogP contribution in [0.15, 0.2) is 67.0 Å². The minimum atomic E-state index is -1.34. The summed E-state index contributed by atoms with van der Waals surface area (Å²) in [5, 5.41) is 39.0. The summed E-state index contributed by atoms with van der Waals surface area (Å²) in [5.74, 6) is -4.88. The van der Waals surface area contributed by atoms with Gasteiger partial charge < -0.3 is 61.4 Å². The maximum atomic E-state index is 14.8. The Morgan fingerprint density at radius 2 is 1.39 bits per heavy atom. The third-order valence-electron chi connectivity index (χ3n) is 17.3. The standard InChI is InChI=1S/C67H102BrN11O13/c1-15-42(8)58(51(91-13)35-54(81)78-33-22-25-50(78)60(92-14)43(9)61(83)72-44(10)59(82)47-23-18-16-19-24-47)77(12)66(88)56(40(4)5)76-65(87)57(41(6)7)79(67(89)90)34-31-46-27-29-49(30-28-46)74-62(84)45(11)73-64(86)55(39(2)3)75-53(80)26-20-17-21-32-69-63(85)48-37-70-52(36-68)71-38-48/h16,18-19,23-24,27-30,37-45,50-51,55-60,82H,15,17,20-22,25-26,31-36H2,1-14H3,(H,69,85)(H,72,83)(H,73,86)(H,74,84)(H,75,80)(H,76,87)(H,89,90)/t42-,43+,44+,45-,50-,51+,55-,56-,57-,58-,59+,60+/m0/s1. The number of unbranched alkanes of at least 4 members (excludes halogenated alkanes) is 2. The van der Waals surface area contributed by atoms with Crippen molar-refractivity contribution < 1.29 is 62.8 Å². The maximum Gasteiger partial charge on any atom is 0.407 e. The third-order valence-corrected chi connectivity index (χ3v) is 17.8. The summed E-state index contributed by atoms with van der Waals surface area (Å²) in [6.07, 6.45) is 3.16. The number of aliphatic hydroxyl groups excluding tert-OH is 1. The molecule has 1 aliphatic heterocycles. The number of ether oxygens (including phenoxy) is 2. The molecule has 92 heavy (non-hydrogen) atoms. The number of nitrogens with zero attached hydrogens (tertiary/aromatic N) is 5. The molecule has 510 valence electrons. The van der Waals surface area contributed by atoms with E-state index in [-0.39, 0.29) is 61.3 Å². The Morgan fingerprint density at radius 3 is 1.96 bits per heavy atom. The van der Waals surface area contributed by atoms with Gasteiger partial charge in [-0.2, -0.15) is 0 Å². The van der Waals surface area contributed by atoms with E-state index >= 15 is 0 Å². The van der Waals surface area contributed by atoms with Crippen LogP contribution in [0, 0.1) is 29.6 Å².